The maximum atomic E-state index is 10.6. The number of hydrogen-bond acceptors (Lipinski definition) is 3. The number of aliphatic carboxylic acids is 1. The minimum atomic E-state index is -0.821. The van der Waals surface area contributed by atoms with Crippen LogP contribution in [0.1, 0.15) is 18.1 Å². The van der Waals surface area contributed by atoms with E-state index in [1.807, 2.05) is 31.2 Å². The molecule has 1 aromatic rings. The number of rotatable bonds is 6. The quantitative estimate of drug-likeness (QED) is 0.548. The molecule has 0 amide bonds. The zero-order valence-corrected chi connectivity index (χ0v) is 8.69. The third-order valence-electron chi connectivity index (χ3n) is 1.97. The molecule has 0 bridgehead atoms. The van der Waals surface area contributed by atoms with Gasteiger partial charge >= 0.3 is 5.97 Å². The van der Waals surface area contributed by atoms with Crippen molar-refractivity contribution in [3.8, 4) is 0 Å². The summed E-state index contributed by atoms with van der Waals surface area (Å²) < 4.78 is 0. The molecule has 0 saturated carbocycles. The minimum Gasteiger partial charge on any atom is -0.481 e. The van der Waals surface area contributed by atoms with Crippen LogP contribution in [0.2, 0.25) is 0 Å². The predicted octanol–water partition coefficient (Wildman–Crippen LogP) is 1.35. The molecular formula is C11H15NO3. The smallest absolute Gasteiger partial charge is 0.307 e. The SMILES string of the molecule is CCONCc1ccccc1CC(=O)O. The molecule has 82 valence electrons. The van der Waals surface area contributed by atoms with Gasteiger partial charge in [-0.15, -0.1) is 0 Å². The molecule has 0 fully saturated rings. The van der Waals surface area contributed by atoms with Crippen molar-refractivity contribution in [2.24, 2.45) is 0 Å². The fourth-order valence-electron chi connectivity index (χ4n) is 1.30. The van der Waals surface area contributed by atoms with Gasteiger partial charge < -0.3 is 9.94 Å². The van der Waals surface area contributed by atoms with Crippen molar-refractivity contribution in [2.45, 2.75) is 19.9 Å². The van der Waals surface area contributed by atoms with Crippen LogP contribution in [0.3, 0.4) is 0 Å². The topological polar surface area (TPSA) is 58.6 Å². The Balaban J connectivity index is 2.64. The van der Waals surface area contributed by atoms with E-state index in [0.29, 0.717) is 13.2 Å². The molecule has 0 spiro atoms. The second kappa shape index (κ2) is 6.16. The van der Waals surface area contributed by atoms with E-state index in [0.717, 1.165) is 11.1 Å². The van der Waals surface area contributed by atoms with E-state index < -0.39 is 5.97 Å². The number of carboxylic acids is 1. The van der Waals surface area contributed by atoms with E-state index in [4.69, 9.17) is 9.94 Å². The van der Waals surface area contributed by atoms with Crippen LogP contribution in [-0.2, 0) is 22.6 Å². The van der Waals surface area contributed by atoms with Gasteiger partial charge in [0.15, 0.2) is 0 Å². The zero-order valence-electron chi connectivity index (χ0n) is 8.69. The molecule has 2 N–H and O–H groups in total. The zero-order chi connectivity index (χ0) is 11.1. The van der Waals surface area contributed by atoms with Crippen molar-refractivity contribution in [3.05, 3.63) is 35.4 Å². The fourth-order valence-corrected chi connectivity index (χ4v) is 1.30. The molecule has 4 nitrogen and oxygen atoms in total. The van der Waals surface area contributed by atoms with E-state index in [9.17, 15) is 4.79 Å². The number of benzene rings is 1. The van der Waals surface area contributed by atoms with Crippen LogP contribution in [0, 0.1) is 0 Å². The Kier molecular flexibility index (Phi) is 4.80. The highest BCUT2D eigenvalue weighted by Gasteiger charge is 2.05. The van der Waals surface area contributed by atoms with Crippen LogP contribution >= 0.6 is 0 Å². The third kappa shape index (κ3) is 4.10. The number of carbonyl (C=O) groups is 1. The summed E-state index contributed by atoms with van der Waals surface area (Å²) in [5.41, 5.74) is 4.54. The molecule has 15 heavy (non-hydrogen) atoms. The van der Waals surface area contributed by atoms with Gasteiger partial charge in [-0.25, -0.2) is 0 Å². The van der Waals surface area contributed by atoms with E-state index in [1.165, 1.54) is 0 Å². The number of hydroxylamine groups is 1. The van der Waals surface area contributed by atoms with Crippen molar-refractivity contribution in [2.75, 3.05) is 6.61 Å². The molecule has 0 atom stereocenters. The summed E-state index contributed by atoms with van der Waals surface area (Å²) in [7, 11) is 0. The number of nitrogens with one attached hydrogen (secondary N) is 1. The molecule has 0 heterocycles. The first-order chi connectivity index (χ1) is 7.24. The van der Waals surface area contributed by atoms with Crippen LogP contribution in [0.15, 0.2) is 24.3 Å². The molecule has 1 rings (SSSR count). The van der Waals surface area contributed by atoms with Gasteiger partial charge in [0.05, 0.1) is 13.0 Å². The molecule has 0 saturated heterocycles. The van der Waals surface area contributed by atoms with Crippen LogP contribution in [0.4, 0.5) is 0 Å². The molecule has 0 aliphatic rings. The summed E-state index contributed by atoms with van der Waals surface area (Å²) in [6.45, 7) is 2.99. The van der Waals surface area contributed by atoms with Crippen LogP contribution < -0.4 is 5.48 Å². The molecule has 0 aliphatic carbocycles. The highest BCUT2D eigenvalue weighted by molar-refractivity contribution is 5.70. The van der Waals surface area contributed by atoms with E-state index in [1.54, 1.807) is 0 Å². The number of hydrogen-bond donors (Lipinski definition) is 2. The molecule has 0 radical (unpaired) electrons. The predicted molar refractivity (Wildman–Crippen MR) is 56.2 cm³/mol. The van der Waals surface area contributed by atoms with Gasteiger partial charge in [0.1, 0.15) is 0 Å². The molecule has 0 unspecified atom stereocenters. The lowest BCUT2D eigenvalue weighted by molar-refractivity contribution is -0.136. The van der Waals surface area contributed by atoms with Crippen molar-refractivity contribution in [1.29, 1.82) is 0 Å². The third-order valence-corrected chi connectivity index (χ3v) is 1.97. The highest BCUT2D eigenvalue weighted by Crippen LogP contribution is 2.09. The average Bonchev–Trinajstić information content (AvgIpc) is 2.20. The standard InChI is InChI=1S/C11H15NO3/c1-2-15-12-8-10-6-4-3-5-9(10)7-11(13)14/h3-6,12H,2,7-8H2,1H3,(H,13,14). The second-order valence-corrected chi connectivity index (χ2v) is 3.09. The first-order valence-electron chi connectivity index (χ1n) is 4.87. The van der Waals surface area contributed by atoms with Gasteiger partial charge in [-0.2, -0.15) is 5.48 Å². The van der Waals surface area contributed by atoms with Crippen LogP contribution in [0.5, 0.6) is 0 Å². The summed E-state index contributed by atoms with van der Waals surface area (Å²) in [6, 6.07) is 7.43. The Bertz CT molecular complexity index is 325. The Labute approximate surface area is 88.8 Å². The van der Waals surface area contributed by atoms with E-state index in [2.05, 4.69) is 5.48 Å². The number of carboxylic acid groups (broad SMARTS) is 1. The van der Waals surface area contributed by atoms with Gasteiger partial charge in [0.2, 0.25) is 0 Å². The minimum absolute atomic E-state index is 0.0456. The Morgan fingerprint density at radius 2 is 2.07 bits per heavy atom. The Morgan fingerprint density at radius 1 is 1.40 bits per heavy atom. The Hall–Kier alpha value is -1.39. The lowest BCUT2D eigenvalue weighted by Gasteiger charge is -2.08. The average molecular weight is 209 g/mol. The van der Waals surface area contributed by atoms with Crippen molar-refractivity contribution < 1.29 is 14.7 Å². The summed E-state index contributed by atoms with van der Waals surface area (Å²) in [6.07, 6.45) is 0.0456. The van der Waals surface area contributed by atoms with Crippen LogP contribution in [0.25, 0.3) is 0 Å². The largest absolute Gasteiger partial charge is 0.481 e. The maximum absolute atomic E-state index is 10.6. The normalized spacial score (nSPS) is 10.2. The lowest BCUT2D eigenvalue weighted by atomic mass is 10.1. The van der Waals surface area contributed by atoms with Gasteiger partial charge in [0, 0.05) is 6.54 Å². The van der Waals surface area contributed by atoms with E-state index >= 15 is 0 Å². The monoisotopic (exact) mass is 209 g/mol. The van der Waals surface area contributed by atoms with E-state index in [-0.39, 0.29) is 6.42 Å². The van der Waals surface area contributed by atoms with Crippen molar-refractivity contribution in [1.82, 2.24) is 5.48 Å². The maximum Gasteiger partial charge on any atom is 0.307 e. The first kappa shape index (κ1) is 11.7. The highest BCUT2D eigenvalue weighted by atomic mass is 16.6. The molecule has 1 aromatic carbocycles. The summed E-state index contributed by atoms with van der Waals surface area (Å²) >= 11 is 0. The van der Waals surface area contributed by atoms with Gasteiger partial charge in [-0.3, -0.25) is 4.79 Å². The summed E-state index contributed by atoms with van der Waals surface area (Å²) in [4.78, 5) is 15.6. The summed E-state index contributed by atoms with van der Waals surface area (Å²) in [5.74, 6) is -0.821. The molecule has 0 aliphatic heterocycles. The van der Waals surface area contributed by atoms with Crippen molar-refractivity contribution >= 4 is 5.97 Å². The Morgan fingerprint density at radius 3 is 2.67 bits per heavy atom. The summed E-state index contributed by atoms with van der Waals surface area (Å²) in [5, 5.41) is 8.71. The van der Waals surface area contributed by atoms with Gasteiger partial charge in [0.25, 0.3) is 0 Å². The van der Waals surface area contributed by atoms with Crippen molar-refractivity contribution in [3.63, 3.8) is 0 Å². The molecule has 4 heteroatoms. The molecule has 0 aromatic heterocycles. The second-order valence-electron chi connectivity index (χ2n) is 3.09. The fraction of sp³-hybridized carbons (Fsp3) is 0.364. The van der Waals surface area contributed by atoms with Gasteiger partial charge in [-0.1, -0.05) is 24.3 Å². The first-order valence-corrected chi connectivity index (χ1v) is 4.87. The van der Waals surface area contributed by atoms with Crippen LogP contribution in [-0.4, -0.2) is 17.7 Å². The van der Waals surface area contributed by atoms with Gasteiger partial charge in [-0.05, 0) is 18.1 Å². The molecular weight excluding hydrogens is 194 g/mol. The lowest BCUT2D eigenvalue weighted by Crippen LogP contribution is -2.15.